The molecule has 0 aromatic rings. The van der Waals surface area contributed by atoms with Crippen molar-refractivity contribution in [1.29, 1.82) is 5.26 Å². The number of nitrogens with one attached hydrogen (secondary N) is 1. The topological polar surface area (TPSA) is 96.0 Å². The first kappa shape index (κ1) is 8.36. The standard InChI is InChI=1S/C3H7N3O2S/c1-9(7,8)3(2-4)6-5/h3,6H,5H2,1H3. The van der Waals surface area contributed by atoms with Gasteiger partial charge in [0.1, 0.15) is 0 Å². The second-order valence-electron chi connectivity index (χ2n) is 1.51. The van der Waals surface area contributed by atoms with E-state index in [2.05, 4.69) is 0 Å². The highest BCUT2D eigenvalue weighted by molar-refractivity contribution is 7.91. The third-order valence-electron chi connectivity index (χ3n) is 0.697. The molecule has 0 aliphatic rings. The van der Waals surface area contributed by atoms with Crippen LogP contribution in [0.25, 0.3) is 0 Å². The fraction of sp³-hybridized carbons (Fsp3) is 0.667. The van der Waals surface area contributed by atoms with E-state index in [1.165, 1.54) is 6.07 Å². The Balaban J connectivity index is 4.38. The van der Waals surface area contributed by atoms with E-state index in [9.17, 15) is 8.42 Å². The zero-order valence-electron chi connectivity index (χ0n) is 4.83. The van der Waals surface area contributed by atoms with Gasteiger partial charge in [0.15, 0.2) is 9.84 Å². The van der Waals surface area contributed by atoms with Gasteiger partial charge < -0.3 is 0 Å². The molecule has 9 heavy (non-hydrogen) atoms. The summed E-state index contributed by atoms with van der Waals surface area (Å²) in [7, 11) is -3.36. The molecule has 0 aliphatic carbocycles. The lowest BCUT2D eigenvalue weighted by Crippen LogP contribution is -2.39. The van der Waals surface area contributed by atoms with Crippen molar-refractivity contribution in [3.63, 3.8) is 0 Å². The summed E-state index contributed by atoms with van der Waals surface area (Å²) in [4.78, 5) is 0. The molecule has 52 valence electrons. The van der Waals surface area contributed by atoms with Gasteiger partial charge in [0, 0.05) is 6.26 Å². The molecule has 1 unspecified atom stereocenters. The molecule has 0 heterocycles. The number of nitriles is 1. The lowest BCUT2D eigenvalue weighted by atomic mass is 10.8. The lowest BCUT2D eigenvalue weighted by Gasteiger charge is -2.01. The summed E-state index contributed by atoms with van der Waals surface area (Å²) in [6.45, 7) is 0. The van der Waals surface area contributed by atoms with Crippen LogP contribution in [0.3, 0.4) is 0 Å². The molecule has 0 saturated carbocycles. The normalized spacial score (nSPS) is 14.3. The van der Waals surface area contributed by atoms with E-state index in [4.69, 9.17) is 11.1 Å². The Labute approximate surface area is 53.3 Å². The molecule has 0 fully saturated rings. The number of hydrazine groups is 1. The zero-order chi connectivity index (χ0) is 7.49. The molecule has 3 N–H and O–H groups in total. The highest BCUT2D eigenvalue weighted by atomic mass is 32.2. The van der Waals surface area contributed by atoms with Crippen molar-refractivity contribution in [2.45, 2.75) is 5.37 Å². The van der Waals surface area contributed by atoms with Crippen molar-refractivity contribution >= 4 is 9.84 Å². The van der Waals surface area contributed by atoms with Crippen molar-refractivity contribution in [1.82, 2.24) is 5.43 Å². The first-order valence-electron chi connectivity index (χ1n) is 2.07. The van der Waals surface area contributed by atoms with Crippen LogP contribution in [-0.4, -0.2) is 20.0 Å². The van der Waals surface area contributed by atoms with Crippen molar-refractivity contribution < 1.29 is 8.42 Å². The summed E-state index contributed by atoms with van der Waals surface area (Å²) in [5.41, 5.74) is 1.84. The van der Waals surface area contributed by atoms with E-state index in [0.29, 0.717) is 0 Å². The van der Waals surface area contributed by atoms with Gasteiger partial charge >= 0.3 is 0 Å². The second-order valence-corrected chi connectivity index (χ2v) is 3.64. The van der Waals surface area contributed by atoms with Crippen LogP contribution in [0.2, 0.25) is 0 Å². The Morgan fingerprint density at radius 2 is 2.22 bits per heavy atom. The first-order valence-corrected chi connectivity index (χ1v) is 4.02. The van der Waals surface area contributed by atoms with Crippen molar-refractivity contribution in [3.05, 3.63) is 0 Å². The number of sulfone groups is 1. The van der Waals surface area contributed by atoms with Crippen LogP contribution in [0.5, 0.6) is 0 Å². The van der Waals surface area contributed by atoms with Gasteiger partial charge in [-0.15, -0.1) is 0 Å². The molecule has 0 amide bonds. The molecule has 0 aromatic heterocycles. The molecule has 0 saturated heterocycles. The fourth-order valence-corrected chi connectivity index (χ4v) is 0.695. The maximum atomic E-state index is 10.4. The summed E-state index contributed by atoms with van der Waals surface area (Å²) in [6, 6.07) is 1.47. The van der Waals surface area contributed by atoms with Crippen LogP contribution in [0.1, 0.15) is 0 Å². The summed E-state index contributed by atoms with van der Waals surface area (Å²) in [6.07, 6.45) is 0.931. The second kappa shape index (κ2) is 2.77. The van der Waals surface area contributed by atoms with Crippen LogP contribution >= 0.6 is 0 Å². The molecule has 6 heteroatoms. The average molecular weight is 149 g/mol. The summed E-state index contributed by atoms with van der Waals surface area (Å²) in [5.74, 6) is 4.72. The van der Waals surface area contributed by atoms with Gasteiger partial charge in [-0.3, -0.25) is 5.84 Å². The monoisotopic (exact) mass is 149 g/mol. The minimum Gasteiger partial charge on any atom is -0.269 e. The first-order chi connectivity index (χ1) is 4.02. The van der Waals surface area contributed by atoms with Gasteiger partial charge in [-0.05, 0) is 0 Å². The maximum absolute atomic E-state index is 10.4. The average Bonchev–Trinajstić information content (AvgIpc) is 1.65. The van der Waals surface area contributed by atoms with E-state index < -0.39 is 15.2 Å². The van der Waals surface area contributed by atoms with Crippen molar-refractivity contribution in [2.75, 3.05) is 6.26 Å². The predicted octanol–water partition coefficient (Wildman–Crippen LogP) is -1.66. The number of nitrogens with two attached hydrogens (primary N) is 1. The largest absolute Gasteiger partial charge is 0.269 e. The minimum absolute atomic E-state index is 0.931. The third kappa shape index (κ3) is 2.41. The number of hydrogen-bond acceptors (Lipinski definition) is 5. The van der Waals surface area contributed by atoms with E-state index in [1.807, 2.05) is 5.43 Å². The zero-order valence-corrected chi connectivity index (χ0v) is 5.64. The maximum Gasteiger partial charge on any atom is 0.210 e. The number of nitrogens with zero attached hydrogens (tertiary/aromatic N) is 1. The highest BCUT2D eigenvalue weighted by Crippen LogP contribution is 1.88. The lowest BCUT2D eigenvalue weighted by molar-refractivity contribution is 0.583. The summed E-state index contributed by atoms with van der Waals surface area (Å²) >= 11 is 0. The quantitative estimate of drug-likeness (QED) is 0.362. The van der Waals surface area contributed by atoms with Crippen LogP contribution in [0, 0.1) is 11.3 Å². The van der Waals surface area contributed by atoms with E-state index in [-0.39, 0.29) is 0 Å². The Kier molecular flexibility index (Phi) is 2.58. The molecular weight excluding hydrogens is 142 g/mol. The van der Waals surface area contributed by atoms with Gasteiger partial charge in [0.05, 0.1) is 6.07 Å². The Morgan fingerprint density at radius 1 is 1.78 bits per heavy atom. The molecule has 1 atom stereocenters. The molecule has 0 aliphatic heterocycles. The van der Waals surface area contributed by atoms with Crippen molar-refractivity contribution in [3.8, 4) is 6.07 Å². The molecular formula is C3H7N3O2S. The van der Waals surface area contributed by atoms with Crippen LogP contribution < -0.4 is 11.3 Å². The molecule has 5 nitrogen and oxygen atoms in total. The molecule has 0 spiro atoms. The predicted molar refractivity (Wildman–Crippen MR) is 31.6 cm³/mol. The van der Waals surface area contributed by atoms with Gasteiger partial charge in [-0.1, -0.05) is 0 Å². The van der Waals surface area contributed by atoms with E-state index in [1.54, 1.807) is 0 Å². The number of rotatable bonds is 2. The Morgan fingerprint density at radius 3 is 2.22 bits per heavy atom. The molecule has 0 aromatic carbocycles. The number of hydrogen-bond donors (Lipinski definition) is 2. The van der Waals surface area contributed by atoms with E-state index in [0.717, 1.165) is 6.26 Å². The van der Waals surface area contributed by atoms with Gasteiger partial charge in [0.25, 0.3) is 0 Å². The van der Waals surface area contributed by atoms with Gasteiger partial charge in [0.2, 0.25) is 5.37 Å². The SMILES string of the molecule is CS(=O)(=O)C(C#N)NN. The molecule has 0 bridgehead atoms. The third-order valence-corrected chi connectivity index (χ3v) is 1.79. The van der Waals surface area contributed by atoms with Gasteiger partial charge in [-0.25, -0.2) is 13.8 Å². The van der Waals surface area contributed by atoms with E-state index >= 15 is 0 Å². The summed E-state index contributed by atoms with van der Waals surface area (Å²) < 4.78 is 20.9. The fourth-order valence-electron chi connectivity index (χ4n) is 0.257. The van der Waals surface area contributed by atoms with Gasteiger partial charge in [-0.2, -0.15) is 5.26 Å². The van der Waals surface area contributed by atoms with Crippen molar-refractivity contribution in [2.24, 2.45) is 5.84 Å². The summed E-state index contributed by atoms with van der Waals surface area (Å²) in [5, 5.41) is 6.80. The highest BCUT2D eigenvalue weighted by Gasteiger charge is 2.16. The smallest absolute Gasteiger partial charge is 0.210 e. The van der Waals surface area contributed by atoms with Crippen LogP contribution in [-0.2, 0) is 9.84 Å². The Bertz CT molecular complexity index is 214. The molecule has 0 rings (SSSR count). The minimum atomic E-state index is -3.36. The van der Waals surface area contributed by atoms with Crippen LogP contribution in [0.4, 0.5) is 0 Å². The Hall–Kier alpha value is -0.640. The van der Waals surface area contributed by atoms with Crippen LogP contribution in [0.15, 0.2) is 0 Å². The molecule has 0 radical (unpaired) electrons.